The highest BCUT2D eigenvalue weighted by Crippen LogP contribution is 2.28. The van der Waals surface area contributed by atoms with E-state index in [9.17, 15) is 13.2 Å². The molecule has 1 atom stereocenters. The van der Waals surface area contributed by atoms with Crippen LogP contribution in [0.3, 0.4) is 0 Å². The van der Waals surface area contributed by atoms with E-state index in [2.05, 4.69) is 5.32 Å². The molecule has 0 radical (unpaired) electrons. The van der Waals surface area contributed by atoms with Gasteiger partial charge in [-0.05, 0) is 40.0 Å². The zero-order valence-electron chi connectivity index (χ0n) is 11.6. The molecule has 3 N–H and O–H groups in total. The highest BCUT2D eigenvalue weighted by molar-refractivity contribution is 7.91. The smallest absolute Gasteiger partial charge is 0.227 e. The predicted molar refractivity (Wildman–Crippen MR) is 71.8 cm³/mol. The third-order valence-electron chi connectivity index (χ3n) is 4.06. The van der Waals surface area contributed by atoms with E-state index in [-0.39, 0.29) is 23.3 Å². The van der Waals surface area contributed by atoms with Crippen LogP contribution in [0.4, 0.5) is 0 Å². The number of carbonyl (C=O) groups excluding carboxylic acids is 1. The number of hydrogen-bond acceptors (Lipinski definition) is 4. The molecule has 0 spiro atoms. The van der Waals surface area contributed by atoms with Gasteiger partial charge in [-0.15, -0.1) is 0 Å². The Balaban J connectivity index is 2.53. The van der Waals surface area contributed by atoms with Crippen LogP contribution in [0.15, 0.2) is 0 Å². The van der Waals surface area contributed by atoms with E-state index in [0.717, 1.165) is 0 Å². The Kier molecular flexibility index (Phi) is 4.13. The van der Waals surface area contributed by atoms with E-state index in [1.54, 1.807) is 13.8 Å². The Morgan fingerprint density at radius 1 is 1.33 bits per heavy atom. The lowest BCUT2D eigenvalue weighted by Gasteiger charge is -2.37. The molecule has 18 heavy (non-hydrogen) atoms. The molecule has 6 heteroatoms. The summed E-state index contributed by atoms with van der Waals surface area (Å²) >= 11 is 0. The number of sulfone groups is 1. The van der Waals surface area contributed by atoms with E-state index in [0.29, 0.717) is 13.0 Å². The molecule has 1 fully saturated rings. The summed E-state index contributed by atoms with van der Waals surface area (Å²) in [6.07, 6.45) is 0.634. The van der Waals surface area contributed by atoms with Crippen LogP contribution in [0, 0.1) is 11.3 Å². The highest BCUT2D eigenvalue weighted by Gasteiger charge is 2.40. The summed E-state index contributed by atoms with van der Waals surface area (Å²) in [5.41, 5.74) is 4.67. The van der Waals surface area contributed by atoms with Crippen LogP contribution in [0.2, 0.25) is 0 Å². The summed E-state index contributed by atoms with van der Waals surface area (Å²) in [6.45, 7) is 7.64. The van der Waals surface area contributed by atoms with Gasteiger partial charge in [-0.3, -0.25) is 4.79 Å². The molecule has 1 saturated heterocycles. The number of amides is 1. The van der Waals surface area contributed by atoms with E-state index in [4.69, 9.17) is 5.73 Å². The fourth-order valence-corrected chi connectivity index (χ4v) is 3.65. The van der Waals surface area contributed by atoms with Crippen LogP contribution in [0.25, 0.3) is 0 Å². The fourth-order valence-electron chi connectivity index (χ4n) is 1.78. The van der Waals surface area contributed by atoms with Crippen molar-refractivity contribution < 1.29 is 13.2 Å². The molecular weight excluding hydrogens is 252 g/mol. The first-order valence-electron chi connectivity index (χ1n) is 6.23. The Bertz CT molecular complexity index is 421. The molecule has 1 aliphatic heterocycles. The number of carbonyl (C=O) groups is 1. The lowest BCUT2D eigenvalue weighted by atomic mass is 9.74. The van der Waals surface area contributed by atoms with Gasteiger partial charge in [0.05, 0.1) is 16.9 Å². The van der Waals surface area contributed by atoms with Gasteiger partial charge in [0, 0.05) is 12.1 Å². The number of hydrogen-bond donors (Lipinski definition) is 2. The van der Waals surface area contributed by atoms with Gasteiger partial charge in [-0.2, -0.15) is 0 Å². The van der Waals surface area contributed by atoms with Crippen LogP contribution in [-0.2, 0) is 14.6 Å². The molecule has 106 valence electrons. The second kappa shape index (κ2) is 4.81. The predicted octanol–water partition coefficient (Wildman–Crippen LogP) is 0.301. The topological polar surface area (TPSA) is 89.3 Å². The van der Waals surface area contributed by atoms with Gasteiger partial charge in [0.25, 0.3) is 0 Å². The van der Waals surface area contributed by atoms with E-state index in [1.165, 1.54) is 0 Å². The molecule has 1 amide bonds. The van der Waals surface area contributed by atoms with Crippen LogP contribution in [0.1, 0.15) is 34.1 Å². The molecule has 0 aromatic rings. The first kappa shape index (κ1) is 15.4. The van der Waals surface area contributed by atoms with Crippen molar-refractivity contribution in [2.45, 2.75) is 39.7 Å². The SMILES string of the molecule is CC(C)(N)C(C)(C)C(=O)NCC1CCS(=O)(=O)C1. The maximum absolute atomic E-state index is 12.1. The molecule has 1 unspecified atom stereocenters. The van der Waals surface area contributed by atoms with Crippen molar-refractivity contribution in [1.82, 2.24) is 5.32 Å². The second-order valence-electron chi connectivity index (χ2n) is 6.33. The van der Waals surface area contributed by atoms with Gasteiger partial charge >= 0.3 is 0 Å². The standard InChI is InChI=1S/C12H24N2O3S/c1-11(2,12(3,4)13)10(15)14-7-9-5-6-18(16,17)8-9/h9H,5-8,13H2,1-4H3,(H,14,15). The molecule has 0 aromatic heterocycles. The summed E-state index contributed by atoms with van der Waals surface area (Å²) in [7, 11) is -2.88. The third-order valence-corrected chi connectivity index (χ3v) is 5.89. The van der Waals surface area contributed by atoms with Crippen molar-refractivity contribution in [2.24, 2.45) is 17.1 Å². The third kappa shape index (κ3) is 3.45. The van der Waals surface area contributed by atoms with Crippen LogP contribution < -0.4 is 11.1 Å². The summed E-state index contributed by atoms with van der Waals surface area (Å²) in [4.78, 5) is 12.1. The quantitative estimate of drug-likeness (QED) is 0.773. The molecule has 1 heterocycles. The van der Waals surface area contributed by atoms with Gasteiger partial charge < -0.3 is 11.1 Å². The Hall–Kier alpha value is -0.620. The van der Waals surface area contributed by atoms with E-state index < -0.39 is 20.8 Å². The first-order chi connectivity index (χ1) is 7.96. The zero-order chi connectivity index (χ0) is 14.2. The molecule has 1 aliphatic rings. The van der Waals surface area contributed by atoms with Crippen molar-refractivity contribution in [3.8, 4) is 0 Å². The van der Waals surface area contributed by atoms with E-state index in [1.807, 2.05) is 13.8 Å². The van der Waals surface area contributed by atoms with Crippen molar-refractivity contribution in [3.05, 3.63) is 0 Å². The van der Waals surface area contributed by atoms with Gasteiger partial charge in [0.1, 0.15) is 0 Å². The normalized spacial score (nSPS) is 23.9. The largest absolute Gasteiger partial charge is 0.355 e. The van der Waals surface area contributed by atoms with Crippen LogP contribution in [0.5, 0.6) is 0 Å². The minimum Gasteiger partial charge on any atom is -0.355 e. The van der Waals surface area contributed by atoms with Crippen molar-refractivity contribution >= 4 is 15.7 Å². The number of nitrogens with two attached hydrogens (primary N) is 1. The van der Waals surface area contributed by atoms with Crippen molar-refractivity contribution in [3.63, 3.8) is 0 Å². The molecule has 1 rings (SSSR count). The Morgan fingerprint density at radius 2 is 1.89 bits per heavy atom. The van der Waals surface area contributed by atoms with Crippen molar-refractivity contribution in [1.29, 1.82) is 0 Å². The first-order valence-corrected chi connectivity index (χ1v) is 8.05. The summed E-state index contributed by atoms with van der Waals surface area (Å²) in [5, 5.41) is 2.83. The minimum atomic E-state index is -2.88. The van der Waals surface area contributed by atoms with Gasteiger partial charge in [0.15, 0.2) is 9.84 Å². The Morgan fingerprint density at radius 3 is 2.28 bits per heavy atom. The van der Waals surface area contributed by atoms with Crippen LogP contribution in [-0.4, -0.2) is 37.9 Å². The molecule has 0 saturated carbocycles. The monoisotopic (exact) mass is 276 g/mol. The fraction of sp³-hybridized carbons (Fsp3) is 0.917. The number of rotatable bonds is 4. The Labute approximate surface area is 109 Å². The molecule has 0 aliphatic carbocycles. The minimum absolute atomic E-state index is 0.0376. The lowest BCUT2D eigenvalue weighted by Crippen LogP contribution is -2.56. The van der Waals surface area contributed by atoms with Gasteiger partial charge in [-0.25, -0.2) is 8.42 Å². The average Bonchev–Trinajstić information content (AvgIpc) is 2.52. The molecule has 0 aromatic carbocycles. The zero-order valence-corrected chi connectivity index (χ0v) is 12.4. The molecular formula is C12H24N2O3S. The maximum Gasteiger partial charge on any atom is 0.227 e. The van der Waals surface area contributed by atoms with Crippen LogP contribution >= 0.6 is 0 Å². The average molecular weight is 276 g/mol. The lowest BCUT2D eigenvalue weighted by molar-refractivity contribution is -0.132. The summed E-state index contributed by atoms with van der Waals surface area (Å²) in [6, 6.07) is 0. The summed E-state index contributed by atoms with van der Waals surface area (Å²) < 4.78 is 22.6. The maximum atomic E-state index is 12.1. The highest BCUT2D eigenvalue weighted by atomic mass is 32.2. The summed E-state index contributed by atoms with van der Waals surface area (Å²) in [5.74, 6) is 0.328. The second-order valence-corrected chi connectivity index (χ2v) is 8.55. The number of nitrogens with one attached hydrogen (secondary N) is 1. The van der Waals surface area contributed by atoms with E-state index >= 15 is 0 Å². The van der Waals surface area contributed by atoms with Gasteiger partial charge in [-0.1, -0.05) is 0 Å². The molecule has 5 nitrogen and oxygen atoms in total. The van der Waals surface area contributed by atoms with Crippen molar-refractivity contribution in [2.75, 3.05) is 18.1 Å². The molecule has 0 bridgehead atoms. The van der Waals surface area contributed by atoms with Gasteiger partial charge in [0.2, 0.25) is 5.91 Å².